The standard InChI is InChI=1S/C18H22N4O2S/c1-4-23-15-9-7-14(8-10-15)12-20(2)13-22-18(25)21(3)17(19-22)16-6-5-11-24-16/h5-11H,4,12-13H2,1-3H3. The van der Waals surface area contributed by atoms with Gasteiger partial charge in [-0.2, -0.15) is 0 Å². The third-order valence-corrected chi connectivity index (χ3v) is 4.33. The fourth-order valence-electron chi connectivity index (χ4n) is 2.65. The van der Waals surface area contributed by atoms with Crippen molar-refractivity contribution in [1.82, 2.24) is 19.2 Å². The number of ether oxygens (including phenoxy) is 1. The second-order valence-electron chi connectivity index (χ2n) is 5.87. The molecule has 0 radical (unpaired) electrons. The minimum atomic E-state index is 0.598. The van der Waals surface area contributed by atoms with E-state index in [1.54, 1.807) is 6.26 Å². The van der Waals surface area contributed by atoms with Crippen molar-refractivity contribution in [1.29, 1.82) is 0 Å². The van der Waals surface area contributed by atoms with Gasteiger partial charge in [0.15, 0.2) is 16.4 Å². The molecule has 0 aliphatic carbocycles. The van der Waals surface area contributed by atoms with Crippen LogP contribution in [-0.2, 0) is 20.3 Å². The van der Waals surface area contributed by atoms with E-state index in [1.165, 1.54) is 5.56 Å². The maximum atomic E-state index is 5.50. The average molecular weight is 358 g/mol. The molecule has 132 valence electrons. The lowest BCUT2D eigenvalue weighted by molar-refractivity contribution is 0.244. The van der Waals surface area contributed by atoms with Crippen LogP contribution in [0.25, 0.3) is 11.6 Å². The number of hydrogen-bond donors (Lipinski definition) is 0. The zero-order valence-corrected chi connectivity index (χ0v) is 15.5. The van der Waals surface area contributed by atoms with Crippen molar-refractivity contribution in [2.24, 2.45) is 7.05 Å². The topological polar surface area (TPSA) is 48.4 Å². The van der Waals surface area contributed by atoms with Gasteiger partial charge in [-0.1, -0.05) is 12.1 Å². The monoisotopic (exact) mass is 358 g/mol. The van der Waals surface area contributed by atoms with E-state index < -0.39 is 0 Å². The molecule has 7 heteroatoms. The molecule has 0 fully saturated rings. The Bertz CT molecular complexity index is 866. The summed E-state index contributed by atoms with van der Waals surface area (Å²) in [6.45, 7) is 4.05. The van der Waals surface area contributed by atoms with Crippen molar-refractivity contribution in [3.8, 4) is 17.3 Å². The Kier molecular flexibility index (Phi) is 5.35. The number of benzene rings is 1. The van der Waals surface area contributed by atoms with Crippen molar-refractivity contribution < 1.29 is 9.15 Å². The first-order chi connectivity index (χ1) is 12.1. The summed E-state index contributed by atoms with van der Waals surface area (Å²) in [5, 5.41) is 4.59. The van der Waals surface area contributed by atoms with Crippen LogP contribution in [0.2, 0.25) is 0 Å². The van der Waals surface area contributed by atoms with Gasteiger partial charge in [-0.25, -0.2) is 4.68 Å². The van der Waals surface area contributed by atoms with E-state index in [1.807, 2.05) is 54.5 Å². The Morgan fingerprint density at radius 2 is 2.00 bits per heavy atom. The van der Waals surface area contributed by atoms with E-state index >= 15 is 0 Å². The summed E-state index contributed by atoms with van der Waals surface area (Å²) in [5.74, 6) is 2.33. The van der Waals surface area contributed by atoms with Crippen LogP contribution in [0.3, 0.4) is 0 Å². The lowest BCUT2D eigenvalue weighted by Gasteiger charge is -2.16. The van der Waals surface area contributed by atoms with E-state index in [9.17, 15) is 0 Å². The van der Waals surface area contributed by atoms with E-state index in [2.05, 4.69) is 22.1 Å². The predicted molar refractivity (Wildman–Crippen MR) is 98.8 cm³/mol. The van der Waals surface area contributed by atoms with Gasteiger partial charge >= 0.3 is 0 Å². The van der Waals surface area contributed by atoms with Gasteiger partial charge in [0.05, 0.1) is 19.5 Å². The smallest absolute Gasteiger partial charge is 0.199 e. The second-order valence-corrected chi connectivity index (χ2v) is 6.24. The Balaban J connectivity index is 1.70. The van der Waals surface area contributed by atoms with Crippen molar-refractivity contribution in [3.05, 3.63) is 53.0 Å². The highest BCUT2D eigenvalue weighted by molar-refractivity contribution is 7.71. The molecule has 0 bridgehead atoms. The molecule has 0 atom stereocenters. The van der Waals surface area contributed by atoms with E-state index in [0.29, 0.717) is 23.8 Å². The molecule has 0 saturated heterocycles. The molecule has 2 aromatic heterocycles. The summed E-state index contributed by atoms with van der Waals surface area (Å²) in [5.41, 5.74) is 1.21. The maximum Gasteiger partial charge on any atom is 0.199 e. The van der Waals surface area contributed by atoms with Crippen LogP contribution in [0.15, 0.2) is 47.1 Å². The van der Waals surface area contributed by atoms with Crippen LogP contribution < -0.4 is 4.74 Å². The van der Waals surface area contributed by atoms with Crippen LogP contribution in [0.5, 0.6) is 5.75 Å². The van der Waals surface area contributed by atoms with E-state index in [-0.39, 0.29) is 0 Å². The van der Waals surface area contributed by atoms with Gasteiger partial charge in [0, 0.05) is 13.6 Å². The van der Waals surface area contributed by atoms with Crippen molar-refractivity contribution in [2.45, 2.75) is 20.1 Å². The minimum absolute atomic E-state index is 0.598. The van der Waals surface area contributed by atoms with E-state index in [0.717, 1.165) is 18.1 Å². The van der Waals surface area contributed by atoms with Gasteiger partial charge in [0.2, 0.25) is 0 Å². The fraction of sp³-hybridized carbons (Fsp3) is 0.333. The Morgan fingerprint density at radius 1 is 1.24 bits per heavy atom. The van der Waals surface area contributed by atoms with Crippen LogP contribution >= 0.6 is 12.2 Å². The van der Waals surface area contributed by atoms with Crippen LogP contribution in [0.4, 0.5) is 0 Å². The largest absolute Gasteiger partial charge is 0.494 e. The van der Waals surface area contributed by atoms with Gasteiger partial charge in [0.25, 0.3) is 0 Å². The summed E-state index contributed by atoms with van der Waals surface area (Å²) in [7, 11) is 3.94. The number of rotatable bonds is 7. The molecule has 0 N–H and O–H groups in total. The SMILES string of the molecule is CCOc1ccc(CN(C)Cn2nc(-c3ccco3)n(C)c2=S)cc1. The third kappa shape index (κ3) is 4.00. The molecule has 25 heavy (non-hydrogen) atoms. The normalized spacial score (nSPS) is 11.2. The van der Waals surface area contributed by atoms with Gasteiger partial charge in [-0.15, -0.1) is 5.10 Å². The molecule has 0 aliphatic rings. The molecule has 3 rings (SSSR count). The van der Waals surface area contributed by atoms with E-state index in [4.69, 9.17) is 21.4 Å². The summed E-state index contributed by atoms with van der Waals surface area (Å²) in [4.78, 5) is 2.16. The molecule has 0 aliphatic heterocycles. The zero-order chi connectivity index (χ0) is 17.8. The second kappa shape index (κ2) is 7.67. The van der Waals surface area contributed by atoms with Crippen molar-refractivity contribution in [2.75, 3.05) is 13.7 Å². The summed E-state index contributed by atoms with van der Waals surface area (Å²) in [6.07, 6.45) is 1.63. The molecule has 0 amide bonds. The number of furan rings is 1. The quantitative estimate of drug-likeness (QED) is 0.603. The molecule has 0 saturated carbocycles. The molecular weight excluding hydrogens is 336 g/mol. The highest BCUT2D eigenvalue weighted by Gasteiger charge is 2.13. The molecule has 2 heterocycles. The highest BCUT2D eigenvalue weighted by atomic mass is 32.1. The van der Waals surface area contributed by atoms with Crippen molar-refractivity contribution in [3.63, 3.8) is 0 Å². The first-order valence-electron chi connectivity index (χ1n) is 8.16. The Labute approximate surface area is 152 Å². The van der Waals surface area contributed by atoms with Crippen LogP contribution in [0, 0.1) is 4.77 Å². The molecule has 6 nitrogen and oxygen atoms in total. The summed E-state index contributed by atoms with van der Waals surface area (Å²) in [6, 6.07) is 11.9. The minimum Gasteiger partial charge on any atom is -0.494 e. The Hall–Kier alpha value is -2.38. The summed E-state index contributed by atoms with van der Waals surface area (Å²) >= 11 is 5.50. The predicted octanol–water partition coefficient (Wildman–Crippen LogP) is 3.70. The first-order valence-corrected chi connectivity index (χ1v) is 8.57. The first kappa shape index (κ1) is 17.4. The number of aromatic nitrogens is 3. The van der Waals surface area contributed by atoms with Crippen molar-refractivity contribution >= 4 is 12.2 Å². The van der Waals surface area contributed by atoms with Gasteiger partial charge < -0.3 is 13.7 Å². The van der Waals surface area contributed by atoms with Gasteiger partial charge in [-0.3, -0.25) is 4.90 Å². The molecule has 0 spiro atoms. The summed E-state index contributed by atoms with van der Waals surface area (Å²) < 4.78 is 15.2. The van der Waals surface area contributed by atoms with Gasteiger partial charge in [-0.05, 0) is 56.0 Å². The maximum absolute atomic E-state index is 5.50. The molecule has 3 aromatic rings. The molecule has 1 aromatic carbocycles. The number of nitrogens with zero attached hydrogens (tertiary/aromatic N) is 4. The van der Waals surface area contributed by atoms with Gasteiger partial charge in [0.1, 0.15) is 5.75 Å². The Morgan fingerprint density at radius 3 is 2.64 bits per heavy atom. The van der Waals surface area contributed by atoms with Crippen LogP contribution in [-0.4, -0.2) is 32.9 Å². The lowest BCUT2D eigenvalue weighted by atomic mass is 10.2. The zero-order valence-electron chi connectivity index (χ0n) is 14.7. The highest BCUT2D eigenvalue weighted by Crippen LogP contribution is 2.18. The molecule has 0 unspecified atom stereocenters. The average Bonchev–Trinajstić information content (AvgIpc) is 3.21. The number of hydrogen-bond acceptors (Lipinski definition) is 5. The third-order valence-electron chi connectivity index (χ3n) is 3.84. The fourth-order valence-corrected chi connectivity index (χ4v) is 2.83. The van der Waals surface area contributed by atoms with Crippen LogP contribution in [0.1, 0.15) is 12.5 Å². The lowest BCUT2D eigenvalue weighted by Crippen LogP contribution is -2.22. The molecular formula is C18H22N4O2S.